The smallest absolute Gasteiger partial charge is 0.260 e. The number of carbonyl (C=O) groups is 1. The first-order valence-corrected chi connectivity index (χ1v) is 10.2. The van der Waals surface area contributed by atoms with E-state index in [4.69, 9.17) is 4.74 Å². The number of aromatic nitrogens is 3. The molecule has 0 saturated carbocycles. The van der Waals surface area contributed by atoms with Crippen molar-refractivity contribution >= 4 is 44.4 Å². The van der Waals surface area contributed by atoms with Gasteiger partial charge < -0.3 is 24.8 Å². The quantitative estimate of drug-likeness (QED) is 0.538. The number of halogens is 1. The molecule has 0 unspecified atom stereocenters. The van der Waals surface area contributed by atoms with Crippen LogP contribution in [0, 0.1) is 0 Å². The number of ether oxygens (including phenoxy) is 1. The number of amides is 1. The fraction of sp³-hybridized carbons (Fsp3) is 0.350. The number of nitrogens with one attached hydrogen (secondary N) is 2. The zero-order valence-corrected chi connectivity index (χ0v) is 18.0. The van der Waals surface area contributed by atoms with Crippen LogP contribution < -0.4 is 10.1 Å². The first-order chi connectivity index (χ1) is 14.0. The molecule has 9 heteroatoms. The average Bonchev–Trinajstić information content (AvgIpc) is 3.11. The van der Waals surface area contributed by atoms with Gasteiger partial charge in [0.2, 0.25) is 0 Å². The Bertz CT molecular complexity index is 1040. The predicted octanol–water partition coefficient (Wildman–Crippen LogP) is 3.14. The van der Waals surface area contributed by atoms with Crippen molar-refractivity contribution in [1.82, 2.24) is 24.8 Å². The van der Waals surface area contributed by atoms with Gasteiger partial charge in [-0.1, -0.05) is 0 Å². The molecule has 1 aliphatic heterocycles. The molecule has 0 radical (unpaired) electrons. The Labute approximate surface area is 177 Å². The lowest BCUT2D eigenvalue weighted by Crippen LogP contribution is -2.33. The van der Waals surface area contributed by atoms with Crippen molar-refractivity contribution in [3.05, 3.63) is 40.8 Å². The first-order valence-electron chi connectivity index (χ1n) is 9.44. The highest BCUT2D eigenvalue weighted by Crippen LogP contribution is 2.32. The molecule has 4 rings (SSSR count). The number of likely N-dealkylation sites (N-methyl/N-ethyl adjacent to an activating group) is 1. The van der Waals surface area contributed by atoms with Crippen LogP contribution in [-0.4, -0.2) is 64.5 Å². The van der Waals surface area contributed by atoms with E-state index in [1.165, 1.54) is 6.33 Å². The second-order valence-electron chi connectivity index (χ2n) is 7.23. The van der Waals surface area contributed by atoms with Crippen molar-refractivity contribution in [2.45, 2.75) is 13.0 Å². The number of hydrogen-bond donors (Lipinski definition) is 2. The van der Waals surface area contributed by atoms with E-state index in [-0.39, 0.29) is 12.5 Å². The Balaban J connectivity index is 1.73. The number of fused-ring (bicyclic) bond motifs is 2. The monoisotopic (exact) mass is 458 g/mol. The maximum Gasteiger partial charge on any atom is 0.260 e. The van der Waals surface area contributed by atoms with Gasteiger partial charge in [0, 0.05) is 38.1 Å². The molecule has 0 saturated heterocycles. The van der Waals surface area contributed by atoms with E-state index >= 15 is 0 Å². The molecular formula is C20H23BrN6O2. The fourth-order valence-corrected chi connectivity index (χ4v) is 3.76. The summed E-state index contributed by atoms with van der Waals surface area (Å²) in [5.74, 6) is 1.29. The molecule has 0 spiro atoms. The Morgan fingerprint density at radius 3 is 2.93 bits per heavy atom. The molecule has 0 fully saturated rings. The Hall–Kier alpha value is -2.65. The van der Waals surface area contributed by atoms with E-state index < -0.39 is 0 Å². The van der Waals surface area contributed by atoms with Gasteiger partial charge >= 0.3 is 0 Å². The standard InChI is InChI=1S/C20H23BrN6O2/c1-26-6-3-7-27(2)17(28)11-29-16-8-14(4-5-15(16)21)25-20-18-13(10-26)9-22-19(18)23-12-24-20/h4-5,8-9,12H,3,6-7,10-11H2,1-2H3,(H2,22,23,24,25). The van der Waals surface area contributed by atoms with Gasteiger partial charge in [-0.3, -0.25) is 4.79 Å². The van der Waals surface area contributed by atoms with Gasteiger partial charge in [-0.05, 0) is 53.6 Å². The summed E-state index contributed by atoms with van der Waals surface area (Å²) in [4.78, 5) is 28.4. The van der Waals surface area contributed by atoms with E-state index in [2.05, 4.69) is 48.1 Å². The summed E-state index contributed by atoms with van der Waals surface area (Å²) in [7, 11) is 3.88. The lowest BCUT2D eigenvalue weighted by atomic mass is 10.2. The molecule has 0 aliphatic carbocycles. The molecule has 1 amide bonds. The molecule has 8 nitrogen and oxygen atoms in total. The maximum atomic E-state index is 12.4. The summed E-state index contributed by atoms with van der Waals surface area (Å²) in [6.07, 6.45) is 4.40. The number of nitrogens with zero attached hydrogens (tertiary/aromatic N) is 4. The molecule has 2 bridgehead atoms. The Kier molecular flexibility index (Phi) is 5.68. The summed E-state index contributed by atoms with van der Waals surface area (Å²) < 4.78 is 6.57. The van der Waals surface area contributed by atoms with Crippen molar-refractivity contribution < 1.29 is 9.53 Å². The van der Waals surface area contributed by atoms with E-state index in [9.17, 15) is 4.79 Å². The average molecular weight is 459 g/mol. The van der Waals surface area contributed by atoms with Gasteiger partial charge in [-0.25, -0.2) is 9.97 Å². The summed E-state index contributed by atoms with van der Waals surface area (Å²) in [5.41, 5.74) is 2.73. The summed E-state index contributed by atoms with van der Waals surface area (Å²) >= 11 is 3.49. The van der Waals surface area contributed by atoms with E-state index in [1.807, 2.05) is 31.4 Å². The Morgan fingerprint density at radius 2 is 2.07 bits per heavy atom. The van der Waals surface area contributed by atoms with Gasteiger partial charge in [0.05, 0.1) is 9.86 Å². The van der Waals surface area contributed by atoms with Crippen LogP contribution in [0.15, 0.2) is 35.2 Å². The zero-order valence-electron chi connectivity index (χ0n) is 16.4. The topological polar surface area (TPSA) is 86.4 Å². The number of anilines is 2. The van der Waals surface area contributed by atoms with Crippen molar-refractivity contribution in [3.63, 3.8) is 0 Å². The molecule has 2 aromatic heterocycles. The molecule has 0 atom stereocenters. The minimum Gasteiger partial charge on any atom is -0.483 e. The molecule has 29 heavy (non-hydrogen) atoms. The molecule has 1 aliphatic rings. The van der Waals surface area contributed by atoms with Crippen LogP contribution in [0.1, 0.15) is 12.0 Å². The van der Waals surface area contributed by atoms with E-state index in [0.717, 1.165) is 52.1 Å². The molecule has 2 N–H and O–H groups in total. The Morgan fingerprint density at radius 1 is 1.21 bits per heavy atom. The number of H-pyrrole nitrogens is 1. The number of rotatable bonds is 0. The molecule has 3 heterocycles. The SMILES string of the molecule is CN1CCCN(C)C(=O)COc2cc(ccc2Br)Nc2ncnc3[nH]cc(c23)C1. The van der Waals surface area contributed by atoms with Crippen LogP contribution in [0.2, 0.25) is 0 Å². The van der Waals surface area contributed by atoms with Crippen molar-refractivity contribution in [3.8, 4) is 5.75 Å². The number of aromatic amines is 1. The maximum absolute atomic E-state index is 12.4. The highest BCUT2D eigenvalue weighted by Gasteiger charge is 2.16. The first kappa shape index (κ1) is 19.7. The third kappa shape index (κ3) is 4.35. The van der Waals surface area contributed by atoms with Crippen LogP contribution in [0.25, 0.3) is 11.0 Å². The minimum absolute atomic E-state index is 0.00585. The van der Waals surface area contributed by atoms with E-state index in [1.54, 1.807) is 4.90 Å². The van der Waals surface area contributed by atoms with Crippen LogP contribution >= 0.6 is 15.9 Å². The minimum atomic E-state index is -0.0459. The highest BCUT2D eigenvalue weighted by molar-refractivity contribution is 9.10. The van der Waals surface area contributed by atoms with Crippen molar-refractivity contribution in [2.24, 2.45) is 0 Å². The lowest BCUT2D eigenvalue weighted by molar-refractivity contribution is -0.132. The van der Waals surface area contributed by atoms with Crippen molar-refractivity contribution in [1.29, 1.82) is 0 Å². The van der Waals surface area contributed by atoms with Crippen LogP contribution in [0.3, 0.4) is 0 Å². The highest BCUT2D eigenvalue weighted by atomic mass is 79.9. The molecule has 3 aromatic rings. The lowest BCUT2D eigenvalue weighted by Gasteiger charge is -2.21. The molecular weight excluding hydrogens is 436 g/mol. The fourth-order valence-electron chi connectivity index (χ4n) is 3.40. The largest absolute Gasteiger partial charge is 0.483 e. The third-order valence-corrected chi connectivity index (χ3v) is 5.65. The molecule has 152 valence electrons. The number of benzene rings is 1. The predicted molar refractivity (Wildman–Crippen MR) is 115 cm³/mol. The van der Waals surface area contributed by atoms with Crippen molar-refractivity contribution in [2.75, 3.05) is 39.1 Å². The number of carbonyl (C=O) groups excluding carboxylic acids is 1. The van der Waals surface area contributed by atoms with Gasteiger partial charge in [0.15, 0.2) is 6.61 Å². The van der Waals surface area contributed by atoms with Gasteiger partial charge in [0.25, 0.3) is 5.91 Å². The van der Waals surface area contributed by atoms with Crippen LogP contribution in [0.4, 0.5) is 11.5 Å². The second kappa shape index (κ2) is 8.38. The number of hydrogen-bond acceptors (Lipinski definition) is 6. The van der Waals surface area contributed by atoms with E-state index in [0.29, 0.717) is 12.3 Å². The second-order valence-corrected chi connectivity index (χ2v) is 8.08. The summed E-state index contributed by atoms with van der Waals surface area (Å²) in [6.45, 7) is 2.30. The normalized spacial score (nSPS) is 16.5. The van der Waals surface area contributed by atoms with Gasteiger partial charge in [-0.2, -0.15) is 0 Å². The zero-order chi connectivity index (χ0) is 20.4. The van der Waals surface area contributed by atoms with Gasteiger partial charge in [0.1, 0.15) is 23.5 Å². The molecule has 1 aromatic carbocycles. The summed E-state index contributed by atoms with van der Waals surface area (Å²) in [6, 6.07) is 5.68. The van der Waals surface area contributed by atoms with Gasteiger partial charge in [-0.15, -0.1) is 0 Å². The van der Waals surface area contributed by atoms with Crippen LogP contribution in [0.5, 0.6) is 5.75 Å². The van der Waals surface area contributed by atoms with Crippen LogP contribution in [-0.2, 0) is 11.3 Å². The summed E-state index contributed by atoms with van der Waals surface area (Å²) in [5, 5.41) is 4.35. The third-order valence-electron chi connectivity index (χ3n) is 5.00.